The van der Waals surface area contributed by atoms with E-state index in [0.717, 1.165) is 15.9 Å². The molecule has 5 nitrogen and oxygen atoms in total. The van der Waals surface area contributed by atoms with Crippen molar-refractivity contribution in [3.8, 4) is 0 Å². The van der Waals surface area contributed by atoms with Crippen LogP contribution in [0.4, 0.5) is 10.9 Å². The summed E-state index contributed by atoms with van der Waals surface area (Å²) in [6.07, 6.45) is 0. The minimum Gasteiger partial charge on any atom is -0.375 e. The molecule has 0 aliphatic carbocycles. The molecule has 0 unspecified atom stereocenters. The van der Waals surface area contributed by atoms with Crippen LogP contribution in [0.2, 0.25) is 0 Å². The summed E-state index contributed by atoms with van der Waals surface area (Å²) in [6, 6.07) is 10.8. The second kappa shape index (κ2) is 4.90. The number of rotatable bonds is 2. The van der Waals surface area contributed by atoms with Gasteiger partial charge in [0.15, 0.2) is 5.13 Å². The number of nitrogens with zero attached hydrogens (tertiary/aromatic N) is 2. The monoisotopic (exact) mass is 284 g/mol. The molecule has 0 atom stereocenters. The molecule has 0 spiro atoms. The van der Waals surface area contributed by atoms with Gasteiger partial charge in [-0.25, -0.2) is 9.97 Å². The van der Waals surface area contributed by atoms with Gasteiger partial charge in [0.1, 0.15) is 5.82 Å². The number of hydrogen-bond donors (Lipinski definition) is 2. The minimum absolute atomic E-state index is 0.197. The number of aromatic nitrogens is 2. The molecule has 0 saturated heterocycles. The van der Waals surface area contributed by atoms with E-state index >= 15 is 0 Å². The smallest absolute Gasteiger partial charge is 0.256 e. The van der Waals surface area contributed by atoms with Crippen LogP contribution in [0.5, 0.6) is 0 Å². The number of aryl methyl sites for hydroxylation is 1. The Morgan fingerprint density at radius 1 is 1.25 bits per heavy atom. The van der Waals surface area contributed by atoms with E-state index in [2.05, 4.69) is 15.3 Å². The van der Waals surface area contributed by atoms with Crippen molar-refractivity contribution < 1.29 is 4.79 Å². The van der Waals surface area contributed by atoms with Crippen molar-refractivity contribution in [3.63, 3.8) is 0 Å². The molecule has 2 heterocycles. The molecular weight excluding hydrogens is 272 g/mol. The Labute approximate surface area is 119 Å². The highest BCUT2D eigenvalue weighted by Crippen LogP contribution is 2.24. The number of amides is 1. The molecule has 0 aliphatic rings. The van der Waals surface area contributed by atoms with Gasteiger partial charge in [0.05, 0.1) is 10.2 Å². The lowest BCUT2D eigenvalue weighted by atomic mass is 10.2. The van der Waals surface area contributed by atoms with Gasteiger partial charge in [-0.1, -0.05) is 17.4 Å². The fourth-order valence-corrected chi connectivity index (χ4v) is 2.66. The average molecular weight is 284 g/mol. The summed E-state index contributed by atoms with van der Waals surface area (Å²) in [6.45, 7) is 1.88. The first-order valence-electron chi connectivity index (χ1n) is 6.03. The SMILES string of the molecule is Cc1cccc(NC(=O)c2ccc3nc(N)sc3c2)n1. The van der Waals surface area contributed by atoms with Crippen LogP contribution in [0.3, 0.4) is 0 Å². The predicted octanol–water partition coefficient (Wildman–Crippen LogP) is 2.83. The molecular formula is C14H12N4OS. The van der Waals surface area contributed by atoms with Gasteiger partial charge in [-0.05, 0) is 37.3 Å². The number of benzene rings is 1. The normalized spacial score (nSPS) is 10.7. The van der Waals surface area contributed by atoms with E-state index in [4.69, 9.17) is 5.73 Å². The number of nitrogen functional groups attached to an aromatic ring is 1. The van der Waals surface area contributed by atoms with E-state index in [1.807, 2.05) is 19.1 Å². The highest BCUT2D eigenvalue weighted by atomic mass is 32.1. The third-order valence-corrected chi connectivity index (χ3v) is 3.64. The van der Waals surface area contributed by atoms with Crippen molar-refractivity contribution in [3.05, 3.63) is 47.7 Å². The summed E-state index contributed by atoms with van der Waals surface area (Å²) >= 11 is 1.36. The Bertz CT molecular complexity index is 797. The zero-order valence-corrected chi connectivity index (χ0v) is 11.6. The Morgan fingerprint density at radius 2 is 2.10 bits per heavy atom. The first-order chi connectivity index (χ1) is 9.61. The summed E-state index contributed by atoms with van der Waals surface area (Å²) in [5.74, 6) is 0.343. The largest absolute Gasteiger partial charge is 0.375 e. The van der Waals surface area contributed by atoms with Gasteiger partial charge in [-0.2, -0.15) is 0 Å². The van der Waals surface area contributed by atoms with Gasteiger partial charge >= 0.3 is 0 Å². The standard InChI is InChI=1S/C14H12N4OS/c1-8-3-2-4-12(16-8)18-13(19)9-5-6-10-11(7-9)20-14(15)17-10/h2-7H,1H3,(H2,15,17)(H,16,18,19). The average Bonchev–Trinajstić information content (AvgIpc) is 2.77. The maximum absolute atomic E-state index is 12.2. The lowest BCUT2D eigenvalue weighted by molar-refractivity contribution is 0.102. The number of hydrogen-bond acceptors (Lipinski definition) is 5. The van der Waals surface area contributed by atoms with E-state index in [9.17, 15) is 4.79 Å². The Kier molecular flexibility index (Phi) is 3.08. The number of carbonyl (C=O) groups excluding carboxylic acids is 1. The van der Waals surface area contributed by atoms with Crippen LogP contribution >= 0.6 is 11.3 Å². The quantitative estimate of drug-likeness (QED) is 0.758. The van der Waals surface area contributed by atoms with E-state index < -0.39 is 0 Å². The van der Waals surface area contributed by atoms with Gasteiger partial charge in [0.2, 0.25) is 0 Å². The summed E-state index contributed by atoms with van der Waals surface area (Å²) in [5, 5.41) is 3.27. The molecule has 0 bridgehead atoms. The summed E-state index contributed by atoms with van der Waals surface area (Å²) in [5.41, 5.74) is 7.87. The topological polar surface area (TPSA) is 80.9 Å². The number of carbonyl (C=O) groups is 1. The van der Waals surface area contributed by atoms with Crippen molar-refractivity contribution in [2.75, 3.05) is 11.1 Å². The maximum Gasteiger partial charge on any atom is 0.256 e. The molecule has 3 aromatic rings. The van der Waals surface area contributed by atoms with E-state index in [1.165, 1.54) is 11.3 Å². The van der Waals surface area contributed by atoms with Crippen LogP contribution in [0.1, 0.15) is 16.1 Å². The van der Waals surface area contributed by atoms with Crippen LogP contribution in [0.15, 0.2) is 36.4 Å². The summed E-state index contributed by atoms with van der Waals surface area (Å²) in [7, 11) is 0. The number of nitrogens with one attached hydrogen (secondary N) is 1. The van der Waals surface area contributed by atoms with E-state index in [0.29, 0.717) is 16.5 Å². The van der Waals surface area contributed by atoms with Gasteiger partial charge in [0.25, 0.3) is 5.91 Å². The molecule has 0 saturated carbocycles. The highest BCUT2D eigenvalue weighted by molar-refractivity contribution is 7.22. The fraction of sp³-hybridized carbons (Fsp3) is 0.0714. The minimum atomic E-state index is -0.197. The molecule has 20 heavy (non-hydrogen) atoms. The lowest BCUT2D eigenvalue weighted by Crippen LogP contribution is -2.12. The third-order valence-electron chi connectivity index (χ3n) is 2.80. The van der Waals surface area contributed by atoms with Gasteiger partial charge < -0.3 is 11.1 Å². The molecule has 1 amide bonds. The molecule has 1 aromatic carbocycles. The van der Waals surface area contributed by atoms with Crippen LogP contribution in [-0.2, 0) is 0 Å². The number of pyridine rings is 1. The van der Waals surface area contributed by atoms with Crippen LogP contribution in [0.25, 0.3) is 10.2 Å². The molecule has 2 aromatic heterocycles. The first kappa shape index (κ1) is 12.6. The van der Waals surface area contributed by atoms with Crippen molar-refractivity contribution in [2.45, 2.75) is 6.92 Å². The molecule has 6 heteroatoms. The fourth-order valence-electron chi connectivity index (χ4n) is 1.88. The number of thiazole rings is 1. The predicted molar refractivity (Wildman–Crippen MR) is 81.0 cm³/mol. The van der Waals surface area contributed by atoms with Crippen molar-refractivity contribution >= 4 is 38.4 Å². The number of fused-ring (bicyclic) bond motifs is 1. The van der Waals surface area contributed by atoms with Gasteiger partial charge in [-0.3, -0.25) is 4.79 Å². The highest BCUT2D eigenvalue weighted by Gasteiger charge is 2.09. The number of anilines is 2. The Hall–Kier alpha value is -2.47. The maximum atomic E-state index is 12.2. The van der Waals surface area contributed by atoms with Crippen molar-refractivity contribution in [1.29, 1.82) is 0 Å². The molecule has 0 aliphatic heterocycles. The zero-order valence-electron chi connectivity index (χ0n) is 10.8. The lowest BCUT2D eigenvalue weighted by Gasteiger charge is -2.05. The summed E-state index contributed by atoms with van der Waals surface area (Å²) in [4.78, 5) is 20.6. The molecule has 0 fully saturated rings. The Morgan fingerprint density at radius 3 is 2.90 bits per heavy atom. The zero-order chi connectivity index (χ0) is 14.1. The van der Waals surface area contributed by atoms with Gasteiger partial charge in [0, 0.05) is 11.3 Å². The van der Waals surface area contributed by atoms with Crippen LogP contribution < -0.4 is 11.1 Å². The van der Waals surface area contributed by atoms with Crippen LogP contribution in [0, 0.1) is 6.92 Å². The molecule has 3 N–H and O–H groups in total. The van der Waals surface area contributed by atoms with Crippen molar-refractivity contribution in [1.82, 2.24) is 9.97 Å². The van der Waals surface area contributed by atoms with E-state index in [1.54, 1.807) is 24.3 Å². The first-order valence-corrected chi connectivity index (χ1v) is 6.84. The summed E-state index contributed by atoms with van der Waals surface area (Å²) < 4.78 is 0.896. The Balaban J connectivity index is 1.88. The molecule has 100 valence electrons. The second-order valence-electron chi connectivity index (χ2n) is 4.35. The molecule has 3 rings (SSSR count). The second-order valence-corrected chi connectivity index (χ2v) is 5.42. The number of nitrogens with two attached hydrogens (primary N) is 1. The van der Waals surface area contributed by atoms with Gasteiger partial charge in [-0.15, -0.1) is 0 Å². The molecule has 0 radical (unpaired) electrons. The van der Waals surface area contributed by atoms with Crippen molar-refractivity contribution in [2.24, 2.45) is 0 Å². The van der Waals surface area contributed by atoms with Crippen LogP contribution in [-0.4, -0.2) is 15.9 Å². The third kappa shape index (κ3) is 2.46. The van der Waals surface area contributed by atoms with E-state index in [-0.39, 0.29) is 5.91 Å².